The van der Waals surface area contributed by atoms with Crippen molar-refractivity contribution in [1.29, 1.82) is 0 Å². The monoisotopic (exact) mass is 611 g/mol. The summed E-state index contributed by atoms with van der Waals surface area (Å²) in [5, 5.41) is 0.368. The van der Waals surface area contributed by atoms with Crippen molar-refractivity contribution in [1.82, 2.24) is 9.21 Å². The maximum Gasteiger partial charge on any atom is 0.230 e. The molecular weight excluding hydrogens is 572 g/mol. The van der Waals surface area contributed by atoms with Crippen LogP contribution >= 0.6 is 23.2 Å². The Balaban J connectivity index is 1.32. The average Bonchev–Trinajstić information content (AvgIpc) is 2.94. The fourth-order valence-corrected chi connectivity index (χ4v) is 7.32. The van der Waals surface area contributed by atoms with Crippen molar-refractivity contribution < 1.29 is 17.6 Å². The van der Waals surface area contributed by atoms with Crippen LogP contribution in [0.3, 0.4) is 0 Å². The first-order chi connectivity index (χ1) is 19.0. The van der Waals surface area contributed by atoms with E-state index in [2.05, 4.69) is 4.90 Å². The fourth-order valence-electron chi connectivity index (χ4n) is 5.72. The van der Waals surface area contributed by atoms with Gasteiger partial charge in [0.2, 0.25) is 15.9 Å². The van der Waals surface area contributed by atoms with Crippen molar-refractivity contribution in [2.24, 2.45) is 11.8 Å². The summed E-state index contributed by atoms with van der Waals surface area (Å²) in [4.78, 5) is 18.0. The molecule has 0 saturated carbocycles. The third-order valence-electron chi connectivity index (χ3n) is 8.24. The molecule has 2 fully saturated rings. The van der Waals surface area contributed by atoms with Crippen molar-refractivity contribution >= 4 is 44.8 Å². The number of anilines is 1. The molecule has 2 heterocycles. The first-order valence-electron chi connectivity index (χ1n) is 14.3. The molecule has 0 spiro atoms. The summed E-state index contributed by atoms with van der Waals surface area (Å²) in [6.07, 6.45) is 5.00. The maximum absolute atomic E-state index is 13.7. The third kappa shape index (κ3) is 7.97. The fraction of sp³-hybridized carbons (Fsp3) is 0.567. The van der Waals surface area contributed by atoms with E-state index in [0.717, 1.165) is 51.0 Å². The van der Waals surface area contributed by atoms with Crippen LogP contribution in [0, 0.1) is 17.7 Å². The molecule has 0 aliphatic carbocycles. The Morgan fingerprint density at radius 3 is 2.23 bits per heavy atom. The van der Waals surface area contributed by atoms with E-state index in [9.17, 15) is 17.6 Å². The van der Waals surface area contributed by atoms with Crippen LogP contribution in [0.5, 0.6) is 0 Å². The Morgan fingerprint density at radius 2 is 1.62 bits per heavy atom. The van der Waals surface area contributed by atoms with E-state index < -0.39 is 15.3 Å². The largest absolute Gasteiger partial charge is 0.312 e. The number of hydrogen-bond acceptors (Lipinski definition) is 4. The van der Waals surface area contributed by atoms with Gasteiger partial charge in [-0.1, -0.05) is 35.3 Å². The summed E-state index contributed by atoms with van der Waals surface area (Å²) in [7, 11) is -3.33. The van der Waals surface area contributed by atoms with Crippen LogP contribution in [0.2, 0.25) is 10.0 Å². The van der Waals surface area contributed by atoms with Gasteiger partial charge in [0.1, 0.15) is 5.82 Å². The molecule has 2 aromatic carbocycles. The molecule has 1 amide bonds. The van der Waals surface area contributed by atoms with Gasteiger partial charge in [-0.05, 0) is 114 Å². The number of benzene rings is 2. The standard InChI is InChI=1S/C30H40Cl2FN3O3S/c1-22(2)40(38,39)35-18-12-25(13-19-35)30(37)36(27-8-9-28(31)29(32)21-27)15-3-14-34-16-10-24(11-17-34)20-23-4-6-26(33)7-5-23/h4-9,21-22,24-25H,3,10-20H2,1-2H3. The van der Waals surface area contributed by atoms with E-state index in [1.54, 1.807) is 30.9 Å². The second kappa shape index (κ2) is 14.0. The highest BCUT2D eigenvalue weighted by Crippen LogP contribution is 2.31. The first-order valence-corrected chi connectivity index (χ1v) is 16.5. The molecule has 4 rings (SSSR count). The van der Waals surface area contributed by atoms with Crippen molar-refractivity contribution in [2.75, 3.05) is 44.2 Å². The van der Waals surface area contributed by atoms with Crippen molar-refractivity contribution in [2.45, 2.75) is 57.6 Å². The van der Waals surface area contributed by atoms with Gasteiger partial charge in [-0.3, -0.25) is 4.79 Å². The predicted octanol–water partition coefficient (Wildman–Crippen LogP) is 6.26. The van der Waals surface area contributed by atoms with E-state index in [1.165, 1.54) is 22.0 Å². The molecule has 0 aromatic heterocycles. The molecular formula is C30H40Cl2FN3O3S. The Morgan fingerprint density at radius 1 is 0.975 bits per heavy atom. The third-order valence-corrected chi connectivity index (χ3v) is 11.3. The summed E-state index contributed by atoms with van der Waals surface area (Å²) >= 11 is 12.5. The zero-order chi connectivity index (χ0) is 28.9. The van der Waals surface area contributed by atoms with Gasteiger partial charge in [-0.15, -0.1) is 0 Å². The lowest BCUT2D eigenvalue weighted by molar-refractivity contribution is -0.123. The molecule has 2 aromatic rings. The van der Waals surface area contributed by atoms with Gasteiger partial charge < -0.3 is 9.80 Å². The average molecular weight is 613 g/mol. The number of carbonyl (C=O) groups excluding carboxylic acids is 1. The number of nitrogens with zero attached hydrogens (tertiary/aromatic N) is 3. The second-order valence-corrected chi connectivity index (χ2v) is 14.6. The Hall–Kier alpha value is -1.71. The minimum Gasteiger partial charge on any atom is -0.312 e. The van der Waals surface area contributed by atoms with E-state index in [1.807, 2.05) is 18.2 Å². The topological polar surface area (TPSA) is 60.9 Å². The highest BCUT2D eigenvalue weighted by Gasteiger charge is 2.34. The molecule has 2 aliphatic heterocycles. The maximum atomic E-state index is 13.7. The first kappa shape index (κ1) is 31.2. The van der Waals surface area contributed by atoms with Crippen molar-refractivity contribution in [3.05, 3.63) is 63.9 Å². The number of likely N-dealkylation sites (tertiary alicyclic amines) is 1. The zero-order valence-electron chi connectivity index (χ0n) is 23.4. The number of carbonyl (C=O) groups is 1. The summed E-state index contributed by atoms with van der Waals surface area (Å²) in [5.41, 5.74) is 1.90. The molecule has 0 unspecified atom stereocenters. The Labute approximate surface area is 248 Å². The highest BCUT2D eigenvalue weighted by molar-refractivity contribution is 7.89. The number of halogens is 3. The van der Waals surface area contributed by atoms with Crippen LogP contribution in [0.25, 0.3) is 0 Å². The van der Waals surface area contributed by atoms with E-state index in [-0.39, 0.29) is 17.6 Å². The number of amides is 1. The Bertz CT molecular complexity index is 1240. The van der Waals surface area contributed by atoms with E-state index in [4.69, 9.17) is 23.2 Å². The summed E-state index contributed by atoms with van der Waals surface area (Å²) in [6.45, 7) is 7.55. The van der Waals surface area contributed by atoms with Crippen LogP contribution in [0.1, 0.15) is 51.5 Å². The minimum atomic E-state index is -3.33. The van der Waals surface area contributed by atoms with Crippen molar-refractivity contribution in [3.8, 4) is 0 Å². The van der Waals surface area contributed by atoms with Crippen LogP contribution in [-0.4, -0.2) is 68.0 Å². The van der Waals surface area contributed by atoms with Gasteiger partial charge in [0.25, 0.3) is 0 Å². The van der Waals surface area contributed by atoms with E-state index >= 15 is 0 Å². The number of hydrogen-bond donors (Lipinski definition) is 0. The summed E-state index contributed by atoms with van der Waals surface area (Å²) in [6, 6.07) is 12.1. The lowest BCUT2D eigenvalue weighted by Crippen LogP contribution is -2.46. The molecule has 0 atom stereocenters. The summed E-state index contributed by atoms with van der Waals surface area (Å²) in [5.74, 6) is 0.172. The van der Waals surface area contributed by atoms with E-state index in [0.29, 0.717) is 48.4 Å². The quantitative estimate of drug-likeness (QED) is 0.318. The number of rotatable bonds is 10. The summed E-state index contributed by atoms with van der Waals surface area (Å²) < 4.78 is 39.9. The van der Waals surface area contributed by atoms with Gasteiger partial charge in [-0.2, -0.15) is 0 Å². The molecule has 0 radical (unpaired) electrons. The molecule has 40 heavy (non-hydrogen) atoms. The van der Waals surface area contributed by atoms with Gasteiger partial charge in [-0.25, -0.2) is 17.1 Å². The number of sulfonamides is 1. The van der Waals surface area contributed by atoms with Gasteiger partial charge in [0.15, 0.2) is 0 Å². The lowest BCUT2D eigenvalue weighted by Gasteiger charge is -2.35. The minimum absolute atomic E-state index is 0.0120. The van der Waals surface area contributed by atoms with Crippen LogP contribution in [-0.2, 0) is 21.2 Å². The zero-order valence-corrected chi connectivity index (χ0v) is 25.7. The van der Waals surface area contributed by atoms with Gasteiger partial charge in [0, 0.05) is 31.2 Å². The van der Waals surface area contributed by atoms with Crippen LogP contribution in [0.4, 0.5) is 10.1 Å². The molecule has 2 aliphatic rings. The molecule has 2 saturated heterocycles. The molecule has 6 nitrogen and oxygen atoms in total. The Kier molecular flexibility index (Phi) is 10.9. The second-order valence-electron chi connectivity index (χ2n) is 11.3. The van der Waals surface area contributed by atoms with Gasteiger partial charge in [0.05, 0.1) is 15.3 Å². The molecule has 220 valence electrons. The molecule has 0 N–H and O–H groups in total. The van der Waals surface area contributed by atoms with Gasteiger partial charge >= 0.3 is 0 Å². The smallest absolute Gasteiger partial charge is 0.230 e. The highest BCUT2D eigenvalue weighted by atomic mass is 35.5. The van der Waals surface area contributed by atoms with Crippen molar-refractivity contribution in [3.63, 3.8) is 0 Å². The predicted molar refractivity (Wildman–Crippen MR) is 161 cm³/mol. The number of piperidine rings is 2. The molecule has 0 bridgehead atoms. The van der Waals surface area contributed by atoms with Crippen LogP contribution < -0.4 is 4.90 Å². The SMILES string of the molecule is CC(C)S(=O)(=O)N1CCC(C(=O)N(CCCN2CCC(Cc3ccc(F)cc3)CC2)c2ccc(Cl)c(Cl)c2)CC1. The lowest BCUT2D eigenvalue weighted by atomic mass is 9.90. The normalized spacial score (nSPS) is 18.4. The van der Waals surface area contributed by atoms with Crippen LogP contribution in [0.15, 0.2) is 42.5 Å². The molecule has 10 heteroatoms.